The summed E-state index contributed by atoms with van der Waals surface area (Å²) < 4.78 is 102. The van der Waals surface area contributed by atoms with E-state index in [1.165, 1.54) is 0 Å². The monoisotopic (exact) mass is 419 g/mol. The third kappa shape index (κ3) is 3.96. The van der Waals surface area contributed by atoms with Crippen LogP contribution in [0.5, 0.6) is 0 Å². The number of nitrogens with one attached hydrogen (secondary N) is 1. The number of fused-ring (bicyclic) bond motifs is 1. The van der Waals surface area contributed by atoms with Crippen LogP contribution in [0.15, 0.2) is 16.0 Å². The summed E-state index contributed by atoms with van der Waals surface area (Å²) >= 11 is 0. The number of hydrogen-bond donors (Lipinski definition) is 2. The lowest BCUT2D eigenvalue weighted by atomic mass is 10.1. The van der Waals surface area contributed by atoms with Crippen LogP contribution in [0.25, 0.3) is 5.57 Å². The van der Waals surface area contributed by atoms with Crippen LogP contribution in [-0.4, -0.2) is 40.3 Å². The van der Waals surface area contributed by atoms with Gasteiger partial charge in [-0.3, -0.25) is 24.5 Å². The number of nitrogens with zero attached hydrogens (tertiary/aromatic N) is 3. The van der Waals surface area contributed by atoms with Crippen LogP contribution >= 0.6 is 0 Å². The van der Waals surface area contributed by atoms with E-state index in [2.05, 4.69) is 9.98 Å². The Labute approximate surface area is 149 Å². The van der Waals surface area contributed by atoms with Gasteiger partial charge in [0.05, 0.1) is 5.56 Å². The molecule has 1 aromatic heterocycles. The summed E-state index contributed by atoms with van der Waals surface area (Å²) in [6.07, 6.45) is -10.6. The van der Waals surface area contributed by atoms with Crippen molar-refractivity contribution in [1.29, 1.82) is 0 Å². The van der Waals surface area contributed by atoms with Gasteiger partial charge in [-0.2, -0.15) is 35.1 Å². The Bertz CT molecular complexity index is 913. The third-order valence-electron chi connectivity index (χ3n) is 3.39. The summed E-state index contributed by atoms with van der Waals surface area (Å²) in [5, 5.41) is 1.92. The van der Waals surface area contributed by atoms with Crippen LogP contribution in [0.3, 0.4) is 0 Å². The van der Waals surface area contributed by atoms with E-state index in [0.29, 0.717) is 10.8 Å². The van der Waals surface area contributed by atoms with Crippen molar-refractivity contribution in [3.63, 3.8) is 0 Å². The van der Waals surface area contributed by atoms with Gasteiger partial charge in [0.15, 0.2) is 5.69 Å². The number of aromatic nitrogens is 2. The maximum Gasteiger partial charge on any atom is 0.455 e. The molecule has 154 valence electrons. The number of anilines is 1. The Morgan fingerprint density at radius 2 is 1.79 bits per heavy atom. The average Bonchev–Trinajstić information content (AvgIpc) is 2.91. The molecule has 0 saturated heterocycles. The molecule has 28 heavy (non-hydrogen) atoms. The Hall–Kier alpha value is -3.00. The number of nitrogens with two attached hydrogens (primary N) is 1. The van der Waals surface area contributed by atoms with E-state index >= 15 is 0 Å². The number of alkyl halides is 8. The molecule has 2 rings (SSSR count). The van der Waals surface area contributed by atoms with E-state index in [9.17, 15) is 44.7 Å². The topological polar surface area (TPSA) is 102 Å². The molecule has 0 unspecified atom stereocenters. The zero-order chi connectivity index (χ0) is 21.5. The quantitative estimate of drug-likeness (QED) is 0.574. The molecule has 2 heterocycles. The molecule has 0 fully saturated rings. The highest BCUT2D eigenvalue weighted by atomic mass is 19.4. The van der Waals surface area contributed by atoms with Crippen molar-refractivity contribution in [3.05, 3.63) is 27.8 Å². The Kier molecular flexibility index (Phi) is 5.22. The fourth-order valence-electron chi connectivity index (χ4n) is 2.11. The van der Waals surface area contributed by atoms with Gasteiger partial charge in [0.2, 0.25) is 11.9 Å². The fraction of sp³-hybridized carbons (Fsp3) is 0.385. The molecule has 0 spiro atoms. The van der Waals surface area contributed by atoms with Crippen LogP contribution in [0.2, 0.25) is 0 Å². The number of carbonyl (C=O) groups is 1. The number of aliphatic imine (C=N–C) groups is 1. The van der Waals surface area contributed by atoms with Crippen molar-refractivity contribution in [3.8, 4) is 0 Å². The van der Waals surface area contributed by atoms with Crippen LogP contribution in [0.4, 0.5) is 41.1 Å². The molecule has 0 atom stereocenters. The van der Waals surface area contributed by atoms with E-state index in [4.69, 9.17) is 5.73 Å². The predicted molar refractivity (Wildman–Crippen MR) is 78.7 cm³/mol. The second kappa shape index (κ2) is 6.87. The summed E-state index contributed by atoms with van der Waals surface area (Å²) in [7, 11) is 0. The maximum absolute atomic E-state index is 13.3. The van der Waals surface area contributed by atoms with Crippen molar-refractivity contribution < 1.29 is 39.9 Å². The van der Waals surface area contributed by atoms with Crippen LogP contribution in [-0.2, 0) is 17.5 Å². The predicted octanol–water partition coefficient (Wildman–Crippen LogP) is 1.78. The first-order chi connectivity index (χ1) is 12.7. The smallest absolute Gasteiger partial charge is 0.404 e. The first-order valence-corrected chi connectivity index (χ1v) is 7.07. The zero-order valence-corrected chi connectivity index (χ0v) is 13.3. The first-order valence-electron chi connectivity index (χ1n) is 7.07. The number of amides is 1. The van der Waals surface area contributed by atoms with Gasteiger partial charge in [0, 0.05) is 18.0 Å². The van der Waals surface area contributed by atoms with Gasteiger partial charge in [-0.1, -0.05) is 0 Å². The van der Waals surface area contributed by atoms with Crippen LogP contribution in [0.1, 0.15) is 11.3 Å². The lowest BCUT2D eigenvalue weighted by molar-refractivity contribution is -0.276. The number of hydrogen-bond acceptors (Lipinski definition) is 5. The minimum absolute atomic E-state index is 0.171. The molecule has 0 aliphatic carbocycles. The Morgan fingerprint density at radius 1 is 1.18 bits per heavy atom. The number of rotatable bonds is 4. The van der Waals surface area contributed by atoms with Gasteiger partial charge in [-0.15, -0.1) is 0 Å². The minimum Gasteiger partial charge on any atom is -0.404 e. The molecule has 1 aromatic rings. The molecular formula is C13H9F8N5O2. The number of carbonyl (C=O) groups excluding carboxylic acids is 1. The number of allylic oxidation sites excluding steroid dienone is 1. The van der Waals surface area contributed by atoms with Gasteiger partial charge < -0.3 is 5.73 Å². The van der Waals surface area contributed by atoms with E-state index in [-0.39, 0.29) is 6.21 Å². The van der Waals surface area contributed by atoms with Crippen molar-refractivity contribution in [2.24, 2.45) is 10.7 Å². The SMILES string of the molecule is NC=C(C=NCC(F)(F)C(F)(F)F)c1c(C(F)(F)F)nc2n(c1=O)CC(=O)N2. The Morgan fingerprint density at radius 3 is 2.29 bits per heavy atom. The summed E-state index contributed by atoms with van der Waals surface area (Å²) in [5.74, 6) is -6.80. The minimum atomic E-state index is -5.94. The largest absolute Gasteiger partial charge is 0.455 e. The molecule has 1 aliphatic rings. The highest BCUT2D eigenvalue weighted by Gasteiger charge is 2.57. The molecular weight excluding hydrogens is 410 g/mol. The van der Waals surface area contributed by atoms with E-state index in [1.54, 1.807) is 0 Å². The van der Waals surface area contributed by atoms with Crippen molar-refractivity contribution in [2.75, 3.05) is 11.9 Å². The fourth-order valence-corrected chi connectivity index (χ4v) is 2.11. The van der Waals surface area contributed by atoms with E-state index in [1.807, 2.05) is 5.32 Å². The van der Waals surface area contributed by atoms with E-state index in [0.717, 1.165) is 0 Å². The molecule has 7 nitrogen and oxygen atoms in total. The lowest BCUT2D eigenvalue weighted by Gasteiger charge is -2.17. The highest BCUT2D eigenvalue weighted by molar-refractivity contribution is 6.10. The van der Waals surface area contributed by atoms with Gasteiger partial charge >= 0.3 is 18.3 Å². The number of halogens is 8. The average molecular weight is 419 g/mol. The molecule has 1 aliphatic heterocycles. The normalized spacial score (nSPS) is 15.9. The van der Waals surface area contributed by atoms with Gasteiger partial charge in [-0.25, -0.2) is 4.98 Å². The maximum atomic E-state index is 13.3. The van der Waals surface area contributed by atoms with Crippen LogP contribution < -0.4 is 16.6 Å². The molecule has 3 N–H and O–H groups in total. The molecule has 1 amide bonds. The molecule has 0 bridgehead atoms. The zero-order valence-electron chi connectivity index (χ0n) is 13.3. The summed E-state index contributed by atoms with van der Waals surface area (Å²) in [6.45, 7) is -2.82. The lowest BCUT2D eigenvalue weighted by Crippen LogP contribution is -2.39. The van der Waals surface area contributed by atoms with Crippen LogP contribution in [0, 0.1) is 0 Å². The highest BCUT2D eigenvalue weighted by Crippen LogP contribution is 2.36. The van der Waals surface area contributed by atoms with E-state index < -0.39 is 65.6 Å². The summed E-state index contributed by atoms with van der Waals surface area (Å²) in [6, 6.07) is 0. The first kappa shape index (κ1) is 21.3. The van der Waals surface area contributed by atoms with Crippen molar-refractivity contribution in [2.45, 2.75) is 24.8 Å². The molecule has 0 radical (unpaired) electrons. The molecule has 15 heteroatoms. The third-order valence-corrected chi connectivity index (χ3v) is 3.39. The Balaban J connectivity index is 2.53. The second-order valence-corrected chi connectivity index (χ2v) is 5.39. The van der Waals surface area contributed by atoms with Gasteiger partial charge in [0.25, 0.3) is 5.56 Å². The molecule has 0 saturated carbocycles. The van der Waals surface area contributed by atoms with Crippen molar-refractivity contribution in [1.82, 2.24) is 9.55 Å². The van der Waals surface area contributed by atoms with Gasteiger partial charge in [0.1, 0.15) is 13.1 Å². The second-order valence-electron chi connectivity index (χ2n) is 5.39. The molecule has 0 aromatic carbocycles. The summed E-state index contributed by atoms with van der Waals surface area (Å²) in [4.78, 5) is 29.5. The van der Waals surface area contributed by atoms with Gasteiger partial charge in [-0.05, 0) is 0 Å². The summed E-state index contributed by atoms with van der Waals surface area (Å²) in [5.41, 5.74) is -0.293. The van der Waals surface area contributed by atoms with Crippen molar-refractivity contribution >= 4 is 23.6 Å². The standard InChI is InChI=1S/C13H9F8N5O2/c14-11(15,13(19,20)21)4-23-2-5(1-22)7-8(12(16,17)18)25-10-24-6(27)3-26(10)9(7)28/h1-2H,3-4,22H2,(H,24,25,27).